The molecule has 4 heteroatoms. The van der Waals surface area contributed by atoms with Crippen molar-refractivity contribution < 1.29 is 14.6 Å². The van der Waals surface area contributed by atoms with E-state index in [9.17, 15) is 5.11 Å². The molecule has 0 saturated heterocycles. The van der Waals surface area contributed by atoms with Crippen LogP contribution in [0.15, 0.2) is 0 Å². The lowest BCUT2D eigenvalue weighted by Crippen LogP contribution is -2.48. The van der Waals surface area contributed by atoms with Crippen molar-refractivity contribution in [2.24, 2.45) is 0 Å². The molecule has 18 heavy (non-hydrogen) atoms. The molecule has 3 unspecified atom stereocenters. The zero-order valence-electron chi connectivity index (χ0n) is 12.7. The highest BCUT2D eigenvalue weighted by atomic mass is 16.5. The van der Waals surface area contributed by atoms with Crippen molar-refractivity contribution in [1.82, 2.24) is 5.32 Å². The van der Waals surface area contributed by atoms with Crippen LogP contribution in [0.25, 0.3) is 0 Å². The Bertz CT molecular complexity index is 201. The van der Waals surface area contributed by atoms with Gasteiger partial charge in [-0.15, -0.1) is 0 Å². The topological polar surface area (TPSA) is 50.7 Å². The number of ether oxygens (including phenoxy) is 2. The maximum atomic E-state index is 9.49. The van der Waals surface area contributed by atoms with E-state index in [4.69, 9.17) is 9.47 Å². The van der Waals surface area contributed by atoms with E-state index in [1.165, 1.54) is 0 Å². The van der Waals surface area contributed by atoms with Crippen molar-refractivity contribution in [1.29, 1.82) is 0 Å². The number of aliphatic hydroxyl groups excluding tert-OH is 1. The molecule has 0 amide bonds. The fourth-order valence-corrected chi connectivity index (χ4v) is 2.02. The van der Waals surface area contributed by atoms with E-state index < -0.39 is 0 Å². The largest absolute Gasteiger partial charge is 0.394 e. The lowest BCUT2D eigenvalue weighted by Gasteiger charge is -2.32. The van der Waals surface area contributed by atoms with Gasteiger partial charge in [0.05, 0.1) is 25.4 Å². The van der Waals surface area contributed by atoms with Crippen LogP contribution in [-0.4, -0.2) is 49.2 Å². The number of aliphatic hydroxyl groups is 1. The SMILES string of the molecule is CCCNC(C)(CO)CC(C)OC(C)COCC. The number of rotatable bonds is 11. The van der Waals surface area contributed by atoms with Crippen LogP contribution < -0.4 is 5.32 Å². The zero-order valence-corrected chi connectivity index (χ0v) is 12.7. The molecule has 0 aromatic carbocycles. The molecule has 0 bridgehead atoms. The quantitative estimate of drug-likeness (QED) is 0.597. The van der Waals surface area contributed by atoms with E-state index >= 15 is 0 Å². The second kappa shape index (κ2) is 9.73. The van der Waals surface area contributed by atoms with Gasteiger partial charge in [0, 0.05) is 12.1 Å². The number of hydrogen-bond acceptors (Lipinski definition) is 4. The summed E-state index contributed by atoms with van der Waals surface area (Å²) in [7, 11) is 0. The number of nitrogens with one attached hydrogen (secondary N) is 1. The molecule has 0 spiro atoms. The minimum atomic E-state index is -0.263. The van der Waals surface area contributed by atoms with Crippen molar-refractivity contribution in [3.05, 3.63) is 0 Å². The summed E-state index contributed by atoms with van der Waals surface area (Å²) in [5.74, 6) is 0. The van der Waals surface area contributed by atoms with E-state index in [0.717, 1.165) is 19.4 Å². The first-order valence-corrected chi connectivity index (χ1v) is 7.06. The Balaban J connectivity index is 4.05. The van der Waals surface area contributed by atoms with Gasteiger partial charge < -0.3 is 19.9 Å². The standard InChI is InChI=1S/C14H31NO3/c1-6-8-15-14(5,11-16)9-12(3)18-13(4)10-17-7-2/h12-13,15-16H,6-11H2,1-5H3. The molecule has 0 aliphatic heterocycles. The van der Waals surface area contributed by atoms with Gasteiger partial charge >= 0.3 is 0 Å². The Morgan fingerprint density at radius 2 is 1.89 bits per heavy atom. The van der Waals surface area contributed by atoms with Crippen molar-refractivity contribution in [2.75, 3.05) is 26.4 Å². The van der Waals surface area contributed by atoms with Crippen LogP contribution in [0.5, 0.6) is 0 Å². The fourth-order valence-electron chi connectivity index (χ4n) is 2.02. The molecule has 4 nitrogen and oxygen atoms in total. The second-order valence-electron chi connectivity index (χ2n) is 5.27. The van der Waals surface area contributed by atoms with Crippen LogP contribution in [-0.2, 0) is 9.47 Å². The van der Waals surface area contributed by atoms with Gasteiger partial charge in [0.1, 0.15) is 0 Å². The van der Waals surface area contributed by atoms with E-state index in [0.29, 0.717) is 13.2 Å². The van der Waals surface area contributed by atoms with Crippen molar-refractivity contribution >= 4 is 0 Å². The monoisotopic (exact) mass is 261 g/mol. The van der Waals surface area contributed by atoms with E-state index in [1.54, 1.807) is 0 Å². The van der Waals surface area contributed by atoms with Gasteiger partial charge in [-0.05, 0) is 47.1 Å². The van der Waals surface area contributed by atoms with Gasteiger partial charge in [0.2, 0.25) is 0 Å². The molecular weight excluding hydrogens is 230 g/mol. The number of hydrogen-bond donors (Lipinski definition) is 2. The molecule has 0 saturated carbocycles. The third kappa shape index (κ3) is 8.03. The second-order valence-corrected chi connectivity index (χ2v) is 5.27. The summed E-state index contributed by atoms with van der Waals surface area (Å²) in [5.41, 5.74) is -0.263. The Kier molecular flexibility index (Phi) is 9.64. The van der Waals surface area contributed by atoms with Crippen LogP contribution in [0.1, 0.15) is 47.5 Å². The first-order chi connectivity index (χ1) is 8.47. The molecule has 110 valence electrons. The van der Waals surface area contributed by atoms with Gasteiger partial charge in [-0.2, -0.15) is 0 Å². The smallest absolute Gasteiger partial charge is 0.0784 e. The van der Waals surface area contributed by atoms with E-state index in [1.807, 2.05) is 27.7 Å². The summed E-state index contributed by atoms with van der Waals surface area (Å²) in [5, 5.41) is 12.9. The van der Waals surface area contributed by atoms with Crippen LogP contribution in [0.3, 0.4) is 0 Å². The summed E-state index contributed by atoms with van der Waals surface area (Å²) in [4.78, 5) is 0. The molecule has 0 heterocycles. The fraction of sp³-hybridized carbons (Fsp3) is 1.00. The average Bonchev–Trinajstić information content (AvgIpc) is 2.33. The predicted molar refractivity (Wildman–Crippen MR) is 74.9 cm³/mol. The van der Waals surface area contributed by atoms with Crippen molar-refractivity contribution in [3.8, 4) is 0 Å². The zero-order chi connectivity index (χ0) is 14.0. The maximum absolute atomic E-state index is 9.49. The van der Waals surface area contributed by atoms with Crippen LogP contribution in [0.2, 0.25) is 0 Å². The summed E-state index contributed by atoms with van der Waals surface area (Å²) in [6.45, 7) is 12.6. The lowest BCUT2D eigenvalue weighted by molar-refractivity contribution is -0.0531. The molecule has 0 rings (SSSR count). The van der Waals surface area contributed by atoms with Gasteiger partial charge in [0.15, 0.2) is 0 Å². The molecule has 2 N–H and O–H groups in total. The van der Waals surface area contributed by atoms with Crippen LogP contribution in [0.4, 0.5) is 0 Å². The highest BCUT2D eigenvalue weighted by molar-refractivity contribution is 4.84. The molecule has 0 fully saturated rings. The van der Waals surface area contributed by atoms with Crippen LogP contribution >= 0.6 is 0 Å². The molecule has 0 aromatic rings. The Morgan fingerprint density at radius 1 is 1.22 bits per heavy atom. The summed E-state index contributed by atoms with van der Waals surface area (Å²) < 4.78 is 11.2. The normalized spacial score (nSPS) is 18.3. The first-order valence-electron chi connectivity index (χ1n) is 7.06. The minimum Gasteiger partial charge on any atom is -0.394 e. The lowest BCUT2D eigenvalue weighted by atomic mass is 9.95. The van der Waals surface area contributed by atoms with Crippen molar-refractivity contribution in [2.45, 2.75) is 65.2 Å². The minimum absolute atomic E-state index is 0.0917. The summed E-state index contributed by atoms with van der Waals surface area (Å²) in [6.07, 6.45) is 2.04. The molecular formula is C14H31NO3. The van der Waals surface area contributed by atoms with Gasteiger partial charge in [-0.1, -0.05) is 6.92 Å². The van der Waals surface area contributed by atoms with Gasteiger partial charge in [0.25, 0.3) is 0 Å². The summed E-state index contributed by atoms with van der Waals surface area (Å²) >= 11 is 0. The molecule has 0 radical (unpaired) electrons. The van der Waals surface area contributed by atoms with Gasteiger partial charge in [-0.3, -0.25) is 0 Å². The maximum Gasteiger partial charge on any atom is 0.0784 e. The van der Waals surface area contributed by atoms with Crippen LogP contribution in [0, 0.1) is 0 Å². The molecule has 0 aliphatic carbocycles. The first kappa shape index (κ1) is 17.8. The highest BCUT2D eigenvalue weighted by Crippen LogP contribution is 2.15. The van der Waals surface area contributed by atoms with E-state index in [2.05, 4.69) is 12.2 Å². The van der Waals surface area contributed by atoms with Crippen molar-refractivity contribution in [3.63, 3.8) is 0 Å². The Labute approximate surface area is 112 Å². The third-order valence-corrected chi connectivity index (χ3v) is 2.91. The Morgan fingerprint density at radius 3 is 2.39 bits per heavy atom. The van der Waals surface area contributed by atoms with E-state index in [-0.39, 0.29) is 24.4 Å². The average molecular weight is 261 g/mol. The molecule has 3 atom stereocenters. The summed E-state index contributed by atoms with van der Waals surface area (Å²) in [6, 6.07) is 0. The third-order valence-electron chi connectivity index (χ3n) is 2.91. The highest BCUT2D eigenvalue weighted by Gasteiger charge is 2.26. The van der Waals surface area contributed by atoms with Gasteiger partial charge in [-0.25, -0.2) is 0 Å². The predicted octanol–water partition coefficient (Wildman–Crippen LogP) is 1.96. The molecule has 0 aliphatic rings. The Hall–Kier alpha value is -0.160. The molecule has 0 aromatic heterocycles.